The van der Waals surface area contributed by atoms with Crippen LogP contribution >= 0.6 is 0 Å². The number of rotatable bonds is 3. The van der Waals surface area contributed by atoms with E-state index >= 15 is 0 Å². The van der Waals surface area contributed by atoms with E-state index in [0.717, 1.165) is 27.7 Å². The Bertz CT molecular complexity index is 791. The van der Waals surface area contributed by atoms with Crippen molar-refractivity contribution < 1.29 is 9.53 Å². The van der Waals surface area contributed by atoms with Crippen LogP contribution in [0.1, 0.15) is 33.3 Å². The van der Waals surface area contributed by atoms with E-state index in [1.54, 1.807) is 0 Å². The molecule has 1 saturated heterocycles. The van der Waals surface area contributed by atoms with Crippen LogP contribution in [0, 0.1) is 0 Å². The number of nitrogens with one attached hydrogen (secondary N) is 2. The Labute approximate surface area is 136 Å². The van der Waals surface area contributed by atoms with Crippen molar-refractivity contribution in [2.75, 3.05) is 0 Å². The summed E-state index contributed by atoms with van der Waals surface area (Å²) in [6, 6.07) is 12.1. The fraction of sp³-hybridized carbons (Fsp3) is 0.316. The molecule has 0 saturated carbocycles. The van der Waals surface area contributed by atoms with Gasteiger partial charge in [-0.25, -0.2) is 5.43 Å². The van der Waals surface area contributed by atoms with Crippen LogP contribution in [0.25, 0.3) is 16.8 Å². The summed E-state index contributed by atoms with van der Waals surface area (Å²) in [6.07, 6.45) is 2.07. The van der Waals surface area contributed by atoms with Crippen molar-refractivity contribution in [1.29, 1.82) is 0 Å². The lowest BCUT2D eigenvalue weighted by Gasteiger charge is -2.18. The molecule has 23 heavy (non-hydrogen) atoms. The lowest BCUT2D eigenvalue weighted by Crippen LogP contribution is -2.38. The zero-order valence-corrected chi connectivity index (χ0v) is 13.9. The van der Waals surface area contributed by atoms with Crippen molar-refractivity contribution in [3.05, 3.63) is 47.5 Å². The first kappa shape index (κ1) is 15.6. The highest BCUT2D eigenvalue weighted by Crippen LogP contribution is 2.32. The quantitative estimate of drug-likeness (QED) is 0.854. The van der Waals surface area contributed by atoms with Crippen LogP contribution in [-0.2, 0) is 4.79 Å². The molecule has 1 aliphatic heterocycles. The normalized spacial score (nSPS) is 18.7. The maximum absolute atomic E-state index is 12.1. The lowest BCUT2D eigenvalue weighted by molar-refractivity contribution is -0.116. The van der Waals surface area contributed by atoms with Crippen molar-refractivity contribution in [3.63, 3.8) is 0 Å². The minimum Gasteiger partial charge on any atom is -0.490 e. The second-order valence-electron chi connectivity index (χ2n) is 6.63. The molecule has 0 aromatic heterocycles. The number of hydrogen-bond donors (Lipinski definition) is 2. The third kappa shape index (κ3) is 2.94. The van der Waals surface area contributed by atoms with Gasteiger partial charge in [-0.15, -0.1) is 0 Å². The topological polar surface area (TPSA) is 50.4 Å². The first-order valence-corrected chi connectivity index (χ1v) is 7.86. The molecule has 4 nitrogen and oxygen atoms in total. The number of benzene rings is 2. The molecule has 0 aliphatic carbocycles. The van der Waals surface area contributed by atoms with Crippen molar-refractivity contribution in [1.82, 2.24) is 10.9 Å². The summed E-state index contributed by atoms with van der Waals surface area (Å²) in [5.74, 6) is 0.785. The summed E-state index contributed by atoms with van der Waals surface area (Å²) in [7, 11) is 0. The third-order valence-corrected chi connectivity index (χ3v) is 3.99. The predicted octanol–water partition coefficient (Wildman–Crippen LogP) is 3.42. The third-order valence-electron chi connectivity index (χ3n) is 3.99. The highest BCUT2D eigenvalue weighted by molar-refractivity contribution is 6.04. The minimum absolute atomic E-state index is 0.0819. The van der Waals surface area contributed by atoms with E-state index in [2.05, 4.69) is 16.9 Å². The van der Waals surface area contributed by atoms with Crippen LogP contribution in [0.4, 0.5) is 0 Å². The molecule has 1 aliphatic rings. The van der Waals surface area contributed by atoms with E-state index in [0.29, 0.717) is 0 Å². The van der Waals surface area contributed by atoms with Crippen LogP contribution in [-0.4, -0.2) is 17.6 Å². The summed E-state index contributed by atoms with van der Waals surface area (Å²) in [6.45, 7) is 7.99. The molecular weight excluding hydrogens is 288 g/mol. The van der Waals surface area contributed by atoms with Gasteiger partial charge in [0, 0.05) is 11.0 Å². The van der Waals surface area contributed by atoms with E-state index in [9.17, 15) is 4.79 Å². The molecule has 0 atom stereocenters. The standard InChI is InChI=1S/C19H22N2O2/c1-12(2)23-17-10-9-13(14-7-5-6-8-15(14)17)11-16-18(22)20-21-19(16,3)4/h5-12,21H,1-4H3,(H,20,22)/b16-11+. The summed E-state index contributed by atoms with van der Waals surface area (Å²) in [4.78, 5) is 12.1. The Morgan fingerprint density at radius 3 is 2.39 bits per heavy atom. The number of hydrazine groups is 1. The molecule has 1 heterocycles. The van der Waals surface area contributed by atoms with E-state index in [4.69, 9.17) is 4.74 Å². The van der Waals surface area contributed by atoms with Crippen LogP contribution in [0.2, 0.25) is 0 Å². The molecule has 1 fully saturated rings. The van der Waals surface area contributed by atoms with Gasteiger partial charge < -0.3 is 4.74 Å². The number of carbonyl (C=O) groups excluding carboxylic acids is 1. The monoisotopic (exact) mass is 310 g/mol. The molecule has 0 spiro atoms. The molecule has 4 heteroatoms. The Hall–Kier alpha value is -2.33. The maximum atomic E-state index is 12.1. The van der Waals surface area contributed by atoms with Crippen LogP contribution in [0.5, 0.6) is 5.75 Å². The molecular formula is C19H22N2O2. The Kier molecular flexibility index (Phi) is 3.86. The van der Waals surface area contributed by atoms with Gasteiger partial charge in [-0.2, -0.15) is 0 Å². The maximum Gasteiger partial charge on any atom is 0.263 e. The first-order chi connectivity index (χ1) is 10.9. The average molecular weight is 310 g/mol. The molecule has 0 bridgehead atoms. The van der Waals surface area contributed by atoms with Crippen molar-refractivity contribution in [2.45, 2.75) is 39.3 Å². The first-order valence-electron chi connectivity index (χ1n) is 7.86. The predicted molar refractivity (Wildman–Crippen MR) is 93.0 cm³/mol. The minimum atomic E-state index is -0.398. The summed E-state index contributed by atoms with van der Waals surface area (Å²) in [5, 5.41) is 2.13. The van der Waals surface area contributed by atoms with Gasteiger partial charge >= 0.3 is 0 Å². The molecule has 120 valence electrons. The summed E-state index contributed by atoms with van der Waals surface area (Å²) < 4.78 is 5.90. The zero-order valence-electron chi connectivity index (χ0n) is 13.9. The molecule has 0 unspecified atom stereocenters. The van der Waals surface area contributed by atoms with E-state index in [1.807, 2.05) is 64.1 Å². The van der Waals surface area contributed by atoms with Gasteiger partial charge in [0.05, 0.1) is 11.6 Å². The van der Waals surface area contributed by atoms with Gasteiger partial charge in [0.1, 0.15) is 5.75 Å². The van der Waals surface area contributed by atoms with Gasteiger partial charge in [0.25, 0.3) is 5.91 Å². The molecule has 0 radical (unpaired) electrons. The van der Waals surface area contributed by atoms with Crippen molar-refractivity contribution in [2.24, 2.45) is 0 Å². The number of fused-ring (bicyclic) bond motifs is 1. The van der Waals surface area contributed by atoms with E-state index in [-0.39, 0.29) is 12.0 Å². The van der Waals surface area contributed by atoms with Crippen LogP contribution < -0.4 is 15.6 Å². The van der Waals surface area contributed by atoms with Gasteiger partial charge in [-0.05, 0) is 50.8 Å². The van der Waals surface area contributed by atoms with Crippen molar-refractivity contribution in [3.8, 4) is 5.75 Å². The van der Waals surface area contributed by atoms with Gasteiger partial charge in [0.15, 0.2) is 0 Å². The second kappa shape index (κ2) is 5.70. The fourth-order valence-electron chi connectivity index (χ4n) is 2.81. The molecule has 1 amide bonds. The fourth-order valence-corrected chi connectivity index (χ4v) is 2.81. The highest BCUT2D eigenvalue weighted by atomic mass is 16.5. The summed E-state index contributed by atoms with van der Waals surface area (Å²) >= 11 is 0. The van der Waals surface area contributed by atoms with E-state index < -0.39 is 5.54 Å². The SMILES string of the molecule is CC(C)Oc1ccc(/C=C2\C(=O)NNC2(C)C)c2ccccc12. The Morgan fingerprint density at radius 2 is 1.78 bits per heavy atom. The number of carbonyl (C=O) groups is 1. The summed E-state index contributed by atoms with van der Waals surface area (Å²) in [5.41, 5.74) is 7.03. The van der Waals surface area contributed by atoms with Crippen LogP contribution in [0.15, 0.2) is 42.0 Å². The smallest absolute Gasteiger partial charge is 0.263 e. The largest absolute Gasteiger partial charge is 0.490 e. The van der Waals surface area contributed by atoms with Crippen molar-refractivity contribution >= 4 is 22.8 Å². The second-order valence-corrected chi connectivity index (χ2v) is 6.63. The molecule has 2 aromatic rings. The van der Waals surface area contributed by atoms with Gasteiger partial charge in [-0.3, -0.25) is 10.2 Å². The highest BCUT2D eigenvalue weighted by Gasteiger charge is 2.35. The number of ether oxygens (including phenoxy) is 1. The molecule has 2 N–H and O–H groups in total. The number of hydrogen-bond acceptors (Lipinski definition) is 3. The molecule has 2 aromatic carbocycles. The number of amides is 1. The van der Waals surface area contributed by atoms with Gasteiger partial charge in [0.2, 0.25) is 0 Å². The van der Waals surface area contributed by atoms with E-state index in [1.165, 1.54) is 0 Å². The van der Waals surface area contributed by atoms with Gasteiger partial charge in [-0.1, -0.05) is 30.3 Å². The zero-order chi connectivity index (χ0) is 16.6. The Morgan fingerprint density at radius 1 is 1.09 bits per heavy atom. The van der Waals surface area contributed by atoms with Crippen LogP contribution in [0.3, 0.4) is 0 Å². The Balaban J connectivity index is 2.15. The lowest BCUT2D eigenvalue weighted by atomic mass is 9.92. The average Bonchev–Trinajstić information content (AvgIpc) is 2.76. The molecule has 3 rings (SSSR count).